The minimum absolute atomic E-state index is 0. The first-order valence-corrected chi connectivity index (χ1v) is 7.58. The van der Waals surface area contributed by atoms with Crippen LogP contribution in [0.1, 0.15) is 19.3 Å². The Labute approximate surface area is 136 Å². The van der Waals surface area contributed by atoms with Crippen molar-refractivity contribution in [3.8, 4) is 0 Å². The fourth-order valence-electron chi connectivity index (χ4n) is 3.16. The largest absolute Gasteiger partial charge is 0.324 e. The molecule has 0 aliphatic carbocycles. The number of carbonyl (C=O) groups is 1. The molecular weight excluding hydrogens is 309 g/mol. The first kappa shape index (κ1) is 16.4. The standard InChI is InChI=1S/C15H20ClN3O.ClH/c16-12-3-1-2-4-13(12)18-14(20)19-9-6-15(7-10-19)5-8-17-11-15;/h1-4,17H,5-11H2,(H,18,20);1H. The number of amides is 2. The van der Waals surface area contributed by atoms with E-state index in [0.717, 1.165) is 39.0 Å². The van der Waals surface area contributed by atoms with Gasteiger partial charge in [-0.25, -0.2) is 4.79 Å². The van der Waals surface area contributed by atoms with E-state index >= 15 is 0 Å². The molecule has 1 aromatic rings. The topological polar surface area (TPSA) is 44.4 Å². The third-order valence-corrected chi connectivity index (χ3v) is 4.89. The van der Waals surface area contributed by atoms with E-state index in [0.29, 0.717) is 16.1 Å². The normalized spacial score (nSPS) is 20.1. The molecule has 4 nitrogen and oxygen atoms in total. The van der Waals surface area contributed by atoms with Gasteiger partial charge >= 0.3 is 6.03 Å². The van der Waals surface area contributed by atoms with Gasteiger partial charge in [0.1, 0.15) is 0 Å². The number of rotatable bonds is 1. The van der Waals surface area contributed by atoms with Gasteiger partial charge in [-0.1, -0.05) is 23.7 Å². The zero-order valence-electron chi connectivity index (χ0n) is 11.9. The van der Waals surface area contributed by atoms with E-state index in [2.05, 4.69) is 10.6 Å². The van der Waals surface area contributed by atoms with Crippen molar-refractivity contribution in [3.63, 3.8) is 0 Å². The average molecular weight is 330 g/mol. The molecule has 2 amide bonds. The van der Waals surface area contributed by atoms with Crippen LogP contribution in [0.25, 0.3) is 0 Å². The molecule has 3 rings (SSSR count). The number of likely N-dealkylation sites (tertiary alicyclic amines) is 1. The van der Waals surface area contributed by atoms with Gasteiger partial charge < -0.3 is 15.5 Å². The predicted octanol–water partition coefficient (Wildman–Crippen LogP) is 3.37. The molecule has 116 valence electrons. The second-order valence-electron chi connectivity index (χ2n) is 5.82. The highest BCUT2D eigenvalue weighted by Gasteiger charge is 2.38. The highest BCUT2D eigenvalue weighted by molar-refractivity contribution is 6.33. The number of hydrogen-bond donors (Lipinski definition) is 2. The van der Waals surface area contributed by atoms with Crippen molar-refractivity contribution >= 4 is 35.7 Å². The zero-order valence-corrected chi connectivity index (χ0v) is 13.5. The molecule has 2 N–H and O–H groups in total. The number of nitrogens with zero attached hydrogens (tertiary/aromatic N) is 1. The molecule has 2 saturated heterocycles. The zero-order chi connectivity index (χ0) is 14.0. The quantitative estimate of drug-likeness (QED) is 0.829. The van der Waals surface area contributed by atoms with Crippen LogP contribution >= 0.6 is 24.0 Å². The molecule has 2 aliphatic rings. The molecule has 0 aromatic heterocycles. The lowest BCUT2D eigenvalue weighted by Crippen LogP contribution is -2.45. The van der Waals surface area contributed by atoms with E-state index < -0.39 is 0 Å². The first-order valence-electron chi connectivity index (χ1n) is 7.20. The van der Waals surface area contributed by atoms with Crippen molar-refractivity contribution in [1.29, 1.82) is 0 Å². The van der Waals surface area contributed by atoms with Crippen LogP contribution in [0.5, 0.6) is 0 Å². The van der Waals surface area contributed by atoms with Crippen LogP contribution in [0.15, 0.2) is 24.3 Å². The summed E-state index contributed by atoms with van der Waals surface area (Å²) in [4.78, 5) is 14.2. The van der Waals surface area contributed by atoms with E-state index in [-0.39, 0.29) is 18.4 Å². The number of carbonyl (C=O) groups excluding carboxylic acids is 1. The summed E-state index contributed by atoms with van der Waals surface area (Å²) in [5.74, 6) is 0. The lowest BCUT2D eigenvalue weighted by atomic mass is 9.78. The van der Waals surface area contributed by atoms with Gasteiger partial charge in [0.2, 0.25) is 0 Å². The number of piperidine rings is 1. The van der Waals surface area contributed by atoms with Crippen LogP contribution in [0.2, 0.25) is 5.02 Å². The van der Waals surface area contributed by atoms with Gasteiger partial charge in [0, 0.05) is 19.6 Å². The van der Waals surface area contributed by atoms with E-state index in [1.807, 2.05) is 23.1 Å². The van der Waals surface area contributed by atoms with Crippen LogP contribution in [0.3, 0.4) is 0 Å². The Morgan fingerprint density at radius 3 is 2.57 bits per heavy atom. The van der Waals surface area contributed by atoms with Crippen molar-refractivity contribution in [2.24, 2.45) is 5.41 Å². The van der Waals surface area contributed by atoms with E-state index in [1.54, 1.807) is 6.07 Å². The first-order chi connectivity index (χ1) is 9.69. The summed E-state index contributed by atoms with van der Waals surface area (Å²) in [6, 6.07) is 7.30. The lowest BCUT2D eigenvalue weighted by molar-refractivity contribution is 0.137. The Bertz CT molecular complexity index is 493. The van der Waals surface area contributed by atoms with E-state index in [1.165, 1.54) is 6.42 Å². The van der Waals surface area contributed by atoms with Crippen molar-refractivity contribution in [2.75, 3.05) is 31.5 Å². The van der Waals surface area contributed by atoms with E-state index in [9.17, 15) is 4.79 Å². The lowest BCUT2D eigenvalue weighted by Gasteiger charge is -2.38. The SMILES string of the molecule is Cl.O=C(Nc1ccccc1Cl)N1CCC2(CCNC2)CC1. The molecule has 6 heteroatoms. The molecule has 2 aliphatic heterocycles. The number of nitrogens with one attached hydrogen (secondary N) is 2. The maximum absolute atomic E-state index is 12.3. The number of halogens is 2. The van der Waals surface area contributed by atoms with Gasteiger partial charge in [-0.15, -0.1) is 12.4 Å². The number of anilines is 1. The predicted molar refractivity (Wildman–Crippen MR) is 88.4 cm³/mol. The summed E-state index contributed by atoms with van der Waals surface area (Å²) >= 11 is 6.06. The molecule has 1 aromatic carbocycles. The van der Waals surface area contributed by atoms with Crippen molar-refractivity contribution in [3.05, 3.63) is 29.3 Å². The fourth-order valence-corrected chi connectivity index (χ4v) is 3.35. The Balaban J connectivity index is 0.00000161. The van der Waals surface area contributed by atoms with Crippen LogP contribution in [0, 0.1) is 5.41 Å². The monoisotopic (exact) mass is 329 g/mol. The van der Waals surface area contributed by atoms with Gasteiger partial charge in [0.05, 0.1) is 10.7 Å². The Hall–Kier alpha value is -0.970. The van der Waals surface area contributed by atoms with Crippen molar-refractivity contribution in [2.45, 2.75) is 19.3 Å². The molecule has 2 heterocycles. The summed E-state index contributed by atoms with van der Waals surface area (Å²) in [5, 5.41) is 6.91. The molecule has 0 saturated carbocycles. The van der Waals surface area contributed by atoms with Gasteiger partial charge in [-0.3, -0.25) is 0 Å². The molecule has 0 unspecified atom stereocenters. The highest BCUT2D eigenvalue weighted by Crippen LogP contribution is 2.37. The molecule has 2 fully saturated rings. The van der Waals surface area contributed by atoms with Gasteiger partial charge in [-0.05, 0) is 43.4 Å². The smallest absolute Gasteiger partial charge is 0.321 e. The maximum Gasteiger partial charge on any atom is 0.321 e. The summed E-state index contributed by atoms with van der Waals surface area (Å²) in [5.41, 5.74) is 1.11. The third kappa shape index (κ3) is 3.62. The fraction of sp³-hybridized carbons (Fsp3) is 0.533. The maximum atomic E-state index is 12.3. The molecule has 1 spiro atoms. The second-order valence-corrected chi connectivity index (χ2v) is 6.23. The van der Waals surface area contributed by atoms with E-state index in [4.69, 9.17) is 11.6 Å². The van der Waals surface area contributed by atoms with Crippen LogP contribution in [0.4, 0.5) is 10.5 Å². The average Bonchev–Trinajstić information content (AvgIpc) is 2.90. The molecule has 0 atom stereocenters. The van der Waals surface area contributed by atoms with Crippen molar-refractivity contribution in [1.82, 2.24) is 10.2 Å². The minimum Gasteiger partial charge on any atom is -0.324 e. The molecule has 0 radical (unpaired) electrons. The van der Waals surface area contributed by atoms with Gasteiger partial charge in [-0.2, -0.15) is 0 Å². The van der Waals surface area contributed by atoms with Crippen LogP contribution < -0.4 is 10.6 Å². The van der Waals surface area contributed by atoms with Gasteiger partial charge in [0.25, 0.3) is 0 Å². The van der Waals surface area contributed by atoms with Crippen LogP contribution in [-0.2, 0) is 0 Å². The van der Waals surface area contributed by atoms with Crippen LogP contribution in [-0.4, -0.2) is 37.1 Å². The van der Waals surface area contributed by atoms with Crippen molar-refractivity contribution < 1.29 is 4.79 Å². The van der Waals surface area contributed by atoms with Gasteiger partial charge in [0.15, 0.2) is 0 Å². The summed E-state index contributed by atoms with van der Waals surface area (Å²) in [7, 11) is 0. The molecule has 21 heavy (non-hydrogen) atoms. The Kier molecular flexibility index (Phi) is 5.36. The highest BCUT2D eigenvalue weighted by atomic mass is 35.5. The summed E-state index contributed by atoms with van der Waals surface area (Å²) in [6.07, 6.45) is 3.43. The molecular formula is C15H21Cl2N3O. The summed E-state index contributed by atoms with van der Waals surface area (Å²) in [6.45, 7) is 3.88. The minimum atomic E-state index is -0.0427. The number of urea groups is 1. The second kappa shape index (κ2) is 6.86. The number of para-hydroxylation sites is 1. The number of hydrogen-bond acceptors (Lipinski definition) is 2. The number of benzene rings is 1. The summed E-state index contributed by atoms with van der Waals surface area (Å²) < 4.78 is 0. The third-order valence-electron chi connectivity index (χ3n) is 4.56. The Morgan fingerprint density at radius 2 is 1.95 bits per heavy atom. The Morgan fingerprint density at radius 1 is 1.24 bits per heavy atom. The molecule has 0 bridgehead atoms.